The number of piperidine rings is 1. The third-order valence-corrected chi connectivity index (χ3v) is 5.65. The molecule has 0 N–H and O–H groups in total. The molecule has 0 unspecified atom stereocenters. The SMILES string of the molecule is Cc1ccc(C)n1CC(=O)N1CCCC[C@@H]1c1nc2ccccc2n1C. The number of amides is 1. The molecule has 136 valence electrons. The standard InChI is InChI=1S/C21H26N4O/c1-15-11-12-16(2)25(15)14-20(26)24-13-7-6-10-19(24)21-22-17-8-4-5-9-18(17)23(21)3/h4-5,8-9,11-12,19H,6-7,10,13-14H2,1-3H3/t19-/m1/s1. The van der Waals surface area contributed by atoms with Crippen LogP contribution in [0.15, 0.2) is 36.4 Å². The van der Waals surface area contributed by atoms with E-state index >= 15 is 0 Å². The number of hydrogen-bond donors (Lipinski definition) is 0. The van der Waals surface area contributed by atoms with Gasteiger partial charge < -0.3 is 14.0 Å². The molecule has 1 aliphatic rings. The number of likely N-dealkylation sites (tertiary alicyclic amines) is 1. The van der Waals surface area contributed by atoms with Gasteiger partial charge in [-0.2, -0.15) is 0 Å². The number of hydrogen-bond acceptors (Lipinski definition) is 2. The first kappa shape index (κ1) is 16.9. The molecule has 1 saturated heterocycles. The summed E-state index contributed by atoms with van der Waals surface area (Å²) in [6, 6.07) is 12.4. The van der Waals surface area contributed by atoms with Crippen molar-refractivity contribution in [1.82, 2.24) is 19.0 Å². The van der Waals surface area contributed by atoms with E-state index in [2.05, 4.69) is 48.2 Å². The number of benzene rings is 1. The first-order chi connectivity index (χ1) is 12.6. The van der Waals surface area contributed by atoms with E-state index in [1.54, 1.807) is 0 Å². The number of aromatic nitrogens is 3. The fourth-order valence-corrected chi connectivity index (χ4v) is 4.14. The molecule has 0 spiro atoms. The number of imidazole rings is 1. The highest BCUT2D eigenvalue weighted by molar-refractivity contribution is 5.78. The number of carbonyl (C=O) groups is 1. The minimum Gasteiger partial charge on any atom is -0.340 e. The van der Waals surface area contributed by atoms with Crippen molar-refractivity contribution in [3.05, 3.63) is 53.6 Å². The summed E-state index contributed by atoms with van der Waals surface area (Å²) in [6.07, 6.45) is 3.18. The summed E-state index contributed by atoms with van der Waals surface area (Å²) in [4.78, 5) is 20.1. The van der Waals surface area contributed by atoms with Crippen molar-refractivity contribution in [1.29, 1.82) is 0 Å². The van der Waals surface area contributed by atoms with Gasteiger partial charge in [0, 0.05) is 25.0 Å². The molecule has 5 nitrogen and oxygen atoms in total. The quantitative estimate of drug-likeness (QED) is 0.722. The summed E-state index contributed by atoms with van der Waals surface area (Å²) >= 11 is 0. The summed E-state index contributed by atoms with van der Waals surface area (Å²) in [5.41, 5.74) is 4.39. The van der Waals surface area contributed by atoms with E-state index in [-0.39, 0.29) is 11.9 Å². The zero-order chi connectivity index (χ0) is 18.3. The largest absolute Gasteiger partial charge is 0.340 e. The number of rotatable bonds is 3. The molecule has 5 heteroatoms. The summed E-state index contributed by atoms with van der Waals surface area (Å²) in [7, 11) is 2.06. The summed E-state index contributed by atoms with van der Waals surface area (Å²) in [5, 5.41) is 0. The normalized spacial score (nSPS) is 17.8. The van der Waals surface area contributed by atoms with Crippen LogP contribution < -0.4 is 0 Å². The Labute approximate surface area is 154 Å². The topological polar surface area (TPSA) is 43.1 Å². The molecular weight excluding hydrogens is 324 g/mol. The Morgan fingerprint density at radius 1 is 1.12 bits per heavy atom. The van der Waals surface area contributed by atoms with E-state index in [1.807, 2.05) is 23.1 Å². The minimum absolute atomic E-state index is 0.0600. The number of carbonyl (C=O) groups excluding carboxylic acids is 1. The van der Waals surface area contributed by atoms with Gasteiger partial charge in [0.1, 0.15) is 12.4 Å². The molecule has 1 aromatic carbocycles. The Morgan fingerprint density at radius 3 is 2.58 bits per heavy atom. The van der Waals surface area contributed by atoms with Crippen LogP contribution in [0.4, 0.5) is 0 Å². The lowest BCUT2D eigenvalue weighted by atomic mass is 10.0. The van der Waals surface area contributed by atoms with E-state index < -0.39 is 0 Å². The Morgan fingerprint density at radius 2 is 1.85 bits per heavy atom. The number of nitrogens with zero attached hydrogens (tertiary/aromatic N) is 4. The molecule has 1 fully saturated rings. The van der Waals surface area contributed by atoms with Gasteiger partial charge in [-0.3, -0.25) is 4.79 Å². The van der Waals surface area contributed by atoms with Crippen LogP contribution in [-0.4, -0.2) is 31.5 Å². The highest BCUT2D eigenvalue weighted by Crippen LogP contribution is 2.32. The minimum atomic E-state index is 0.0600. The van der Waals surface area contributed by atoms with E-state index in [4.69, 9.17) is 4.98 Å². The molecule has 26 heavy (non-hydrogen) atoms. The monoisotopic (exact) mass is 350 g/mol. The van der Waals surface area contributed by atoms with Gasteiger partial charge in [-0.1, -0.05) is 12.1 Å². The maximum absolute atomic E-state index is 13.1. The van der Waals surface area contributed by atoms with Crippen molar-refractivity contribution in [2.75, 3.05) is 6.54 Å². The van der Waals surface area contributed by atoms with Gasteiger partial charge in [0.05, 0.1) is 17.1 Å². The Kier molecular flexibility index (Phi) is 4.31. The smallest absolute Gasteiger partial charge is 0.243 e. The second-order valence-electron chi connectivity index (χ2n) is 7.32. The van der Waals surface area contributed by atoms with Gasteiger partial charge in [-0.15, -0.1) is 0 Å². The number of fused-ring (bicyclic) bond motifs is 1. The summed E-state index contributed by atoms with van der Waals surface area (Å²) < 4.78 is 4.25. The van der Waals surface area contributed by atoms with E-state index in [1.165, 1.54) is 0 Å². The van der Waals surface area contributed by atoms with Crippen LogP contribution in [0.1, 0.15) is 42.5 Å². The average Bonchev–Trinajstić information content (AvgIpc) is 3.16. The van der Waals surface area contributed by atoms with Crippen LogP contribution in [0, 0.1) is 13.8 Å². The molecule has 2 aromatic heterocycles. The molecule has 4 rings (SSSR count). The van der Waals surface area contributed by atoms with Gasteiger partial charge >= 0.3 is 0 Å². The van der Waals surface area contributed by atoms with Crippen molar-refractivity contribution in [2.45, 2.75) is 45.7 Å². The highest BCUT2D eigenvalue weighted by Gasteiger charge is 2.31. The van der Waals surface area contributed by atoms with Crippen LogP contribution in [0.2, 0.25) is 0 Å². The zero-order valence-corrected chi connectivity index (χ0v) is 15.8. The number of aryl methyl sites for hydroxylation is 3. The van der Waals surface area contributed by atoms with E-state index in [9.17, 15) is 4.79 Å². The lowest BCUT2D eigenvalue weighted by Gasteiger charge is -2.35. The van der Waals surface area contributed by atoms with Crippen LogP contribution in [0.3, 0.4) is 0 Å². The van der Waals surface area contributed by atoms with E-state index in [0.29, 0.717) is 6.54 Å². The predicted octanol–water partition coefficient (Wildman–Crippen LogP) is 3.75. The second kappa shape index (κ2) is 6.63. The van der Waals surface area contributed by atoms with Gasteiger partial charge in [-0.05, 0) is 57.4 Å². The second-order valence-corrected chi connectivity index (χ2v) is 7.32. The maximum Gasteiger partial charge on any atom is 0.243 e. The van der Waals surface area contributed by atoms with Gasteiger partial charge in [0.2, 0.25) is 5.91 Å². The van der Waals surface area contributed by atoms with Crippen LogP contribution >= 0.6 is 0 Å². The lowest BCUT2D eigenvalue weighted by Crippen LogP contribution is -2.41. The summed E-state index contributed by atoms with van der Waals surface area (Å²) in [6.45, 7) is 5.33. The third kappa shape index (κ3) is 2.81. The highest BCUT2D eigenvalue weighted by atomic mass is 16.2. The molecule has 3 aromatic rings. The molecule has 1 aliphatic heterocycles. The molecule has 0 aliphatic carbocycles. The molecule has 0 radical (unpaired) electrons. The maximum atomic E-state index is 13.1. The fourth-order valence-electron chi connectivity index (χ4n) is 4.14. The van der Waals surface area contributed by atoms with Crippen LogP contribution in [0.5, 0.6) is 0 Å². The van der Waals surface area contributed by atoms with Crippen molar-refractivity contribution in [2.24, 2.45) is 7.05 Å². The van der Waals surface area contributed by atoms with E-state index in [0.717, 1.165) is 54.1 Å². The lowest BCUT2D eigenvalue weighted by molar-refractivity contribution is -0.136. The number of para-hydroxylation sites is 2. The Bertz CT molecular complexity index is 933. The predicted molar refractivity (Wildman–Crippen MR) is 103 cm³/mol. The fraction of sp³-hybridized carbons (Fsp3) is 0.429. The van der Waals surface area contributed by atoms with Gasteiger partial charge in [-0.25, -0.2) is 4.98 Å². The molecule has 1 amide bonds. The van der Waals surface area contributed by atoms with Gasteiger partial charge in [0.15, 0.2) is 0 Å². The molecule has 0 saturated carbocycles. The molecule has 0 bridgehead atoms. The third-order valence-electron chi connectivity index (χ3n) is 5.65. The summed E-state index contributed by atoms with van der Waals surface area (Å²) in [5.74, 6) is 1.18. The van der Waals surface area contributed by atoms with Crippen LogP contribution in [-0.2, 0) is 18.4 Å². The average molecular weight is 350 g/mol. The molecule has 3 heterocycles. The molecular formula is C21H26N4O. The Hall–Kier alpha value is -2.56. The van der Waals surface area contributed by atoms with Gasteiger partial charge in [0.25, 0.3) is 0 Å². The first-order valence-electron chi connectivity index (χ1n) is 9.40. The van der Waals surface area contributed by atoms with Crippen LogP contribution in [0.25, 0.3) is 11.0 Å². The van der Waals surface area contributed by atoms with Crippen molar-refractivity contribution >= 4 is 16.9 Å². The van der Waals surface area contributed by atoms with Crippen molar-refractivity contribution in [3.63, 3.8) is 0 Å². The zero-order valence-electron chi connectivity index (χ0n) is 15.8. The Balaban J connectivity index is 1.65. The molecule has 1 atom stereocenters. The van der Waals surface area contributed by atoms with Crippen molar-refractivity contribution in [3.8, 4) is 0 Å². The first-order valence-corrected chi connectivity index (χ1v) is 9.40. The van der Waals surface area contributed by atoms with Crippen molar-refractivity contribution < 1.29 is 4.79 Å².